The summed E-state index contributed by atoms with van der Waals surface area (Å²) in [6.45, 7) is 9.04. The number of nitrogens with zero attached hydrogens (tertiary/aromatic N) is 4. The highest BCUT2D eigenvalue weighted by atomic mass is 16.3. The van der Waals surface area contributed by atoms with Gasteiger partial charge in [0.25, 0.3) is 0 Å². The highest BCUT2D eigenvalue weighted by molar-refractivity contribution is 5.37. The number of hydrogen-bond donors (Lipinski definition) is 1. The van der Waals surface area contributed by atoms with E-state index in [1.54, 1.807) is 0 Å². The molecule has 0 atom stereocenters. The Morgan fingerprint density at radius 1 is 1.19 bits per heavy atom. The molecule has 2 heterocycles. The number of rotatable bonds is 2. The van der Waals surface area contributed by atoms with E-state index in [0.29, 0.717) is 19.0 Å². The molecule has 0 spiro atoms. The summed E-state index contributed by atoms with van der Waals surface area (Å²) >= 11 is 0. The highest BCUT2D eigenvalue weighted by Crippen LogP contribution is 2.30. The normalized spacial score (nSPS) is 18.8. The van der Waals surface area contributed by atoms with Crippen LogP contribution in [0.1, 0.15) is 25.2 Å². The molecule has 16 heavy (non-hydrogen) atoms. The number of hydrogen-bond acceptors (Lipinski definition) is 5. The van der Waals surface area contributed by atoms with Gasteiger partial charge in [-0.05, 0) is 19.8 Å². The minimum absolute atomic E-state index is 0.253. The maximum atomic E-state index is 10.1. The average molecular weight is 222 g/mol. The first-order valence-electron chi connectivity index (χ1n) is 5.57. The van der Waals surface area contributed by atoms with Crippen molar-refractivity contribution >= 4 is 5.95 Å². The second-order valence-corrected chi connectivity index (χ2v) is 4.90. The molecular formula is C11H18N4O. The summed E-state index contributed by atoms with van der Waals surface area (Å²) in [5.41, 5.74) is 1.15. The Morgan fingerprint density at radius 3 is 2.31 bits per heavy atom. The molecule has 1 aromatic heterocycles. The summed E-state index contributed by atoms with van der Waals surface area (Å²) in [6.07, 6.45) is 0. The fraction of sp³-hybridized carbons (Fsp3) is 0.727. The van der Waals surface area contributed by atoms with Crippen LogP contribution in [-0.4, -0.2) is 39.0 Å². The molecule has 1 aliphatic heterocycles. The molecule has 1 aromatic rings. The maximum absolute atomic E-state index is 10.1. The van der Waals surface area contributed by atoms with E-state index in [1.165, 1.54) is 0 Å². The molecule has 5 nitrogen and oxygen atoms in total. The fourth-order valence-electron chi connectivity index (χ4n) is 1.70. The van der Waals surface area contributed by atoms with E-state index in [0.717, 1.165) is 11.4 Å². The van der Waals surface area contributed by atoms with Crippen molar-refractivity contribution in [1.82, 2.24) is 15.2 Å². The number of anilines is 1. The summed E-state index contributed by atoms with van der Waals surface area (Å²) < 4.78 is 0. The van der Waals surface area contributed by atoms with Gasteiger partial charge in [-0.25, -0.2) is 4.98 Å². The monoisotopic (exact) mass is 222 g/mol. The molecular weight excluding hydrogens is 204 g/mol. The van der Waals surface area contributed by atoms with Crippen LogP contribution in [0.2, 0.25) is 0 Å². The summed E-state index contributed by atoms with van der Waals surface area (Å²) in [5, 5.41) is 18.2. The van der Waals surface area contributed by atoms with Gasteiger partial charge in [-0.1, -0.05) is 13.8 Å². The SMILES string of the molecule is Cc1nnc(N2CC(O)(C(C)C)C2)nc1C. The quantitative estimate of drug-likeness (QED) is 0.798. The Morgan fingerprint density at radius 2 is 1.81 bits per heavy atom. The fourth-order valence-corrected chi connectivity index (χ4v) is 1.70. The first kappa shape index (κ1) is 11.3. The molecule has 1 aliphatic rings. The van der Waals surface area contributed by atoms with Gasteiger partial charge in [-0.3, -0.25) is 0 Å². The predicted octanol–water partition coefficient (Wildman–Crippen LogP) is 0.696. The summed E-state index contributed by atoms with van der Waals surface area (Å²) in [5.74, 6) is 0.872. The van der Waals surface area contributed by atoms with Crippen molar-refractivity contribution in [2.24, 2.45) is 5.92 Å². The summed E-state index contributed by atoms with van der Waals surface area (Å²) in [7, 11) is 0. The van der Waals surface area contributed by atoms with Crippen molar-refractivity contribution < 1.29 is 5.11 Å². The lowest BCUT2D eigenvalue weighted by atomic mass is 9.83. The Kier molecular flexibility index (Phi) is 2.58. The van der Waals surface area contributed by atoms with E-state index < -0.39 is 5.60 Å². The lowest BCUT2D eigenvalue weighted by Crippen LogP contribution is -2.65. The molecule has 0 bridgehead atoms. The van der Waals surface area contributed by atoms with Crippen LogP contribution < -0.4 is 4.90 Å². The highest BCUT2D eigenvalue weighted by Gasteiger charge is 2.44. The third kappa shape index (κ3) is 1.75. The first-order chi connectivity index (χ1) is 7.42. The molecule has 0 unspecified atom stereocenters. The standard InChI is InChI=1S/C11H18N4O/c1-7(2)11(16)5-15(6-11)10-12-8(3)9(4)13-14-10/h7,16H,5-6H2,1-4H3. The van der Waals surface area contributed by atoms with Crippen LogP contribution in [0.5, 0.6) is 0 Å². The van der Waals surface area contributed by atoms with Crippen molar-refractivity contribution in [3.63, 3.8) is 0 Å². The molecule has 1 saturated heterocycles. The van der Waals surface area contributed by atoms with Crippen molar-refractivity contribution in [2.75, 3.05) is 18.0 Å². The van der Waals surface area contributed by atoms with Gasteiger partial charge in [0.2, 0.25) is 5.95 Å². The van der Waals surface area contributed by atoms with Crippen LogP contribution in [0.3, 0.4) is 0 Å². The number of β-amino-alcohol motifs (C(OH)–C–C–N with tert-alkyl or cyclic N) is 1. The first-order valence-corrected chi connectivity index (χ1v) is 5.57. The third-order valence-electron chi connectivity index (χ3n) is 3.37. The van der Waals surface area contributed by atoms with Crippen LogP contribution in [0, 0.1) is 19.8 Å². The van der Waals surface area contributed by atoms with E-state index in [-0.39, 0.29) is 5.92 Å². The molecule has 1 fully saturated rings. The molecule has 88 valence electrons. The zero-order valence-corrected chi connectivity index (χ0v) is 10.2. The molecule has 0 amide bonds. The van der Waals surface area contributed by atoms with Crippen molar-refractivity contribution in [3.05, 3.63) is 11.4 Å². The number of aliphatic hydroxyl groups is 1. The van der Waals surface area contributed by atoms with Gasteiger partial charge in [0.1, 0.15) is 5.60 Å². The van der Waals surface area contributed by atoms with E-state index in [4.69, 9.17) is 0 Å². The van der Waals surface area contributed by atoms with Crippen molar-refractivity contribution in [1.29, 1.82) is 0 Å². The minimum Gasteiger partial charge on any atom is -0.386 e. The van der Waals surface area contributed by atoms with E-state index in [1.807, 2.05) is 32.6 Å². The second kappa shape index (κ2) is 3.66. The van der Waals surface area contributed by atoms with Crippen LogP contribution in [0.4, 0.5) is 5.95 Å². The zero-order chi connectivity index (χ0) is 11.9. The molecule has 5 heteroatoms. The van der Waals surface area contributed by atoms with Gasteiger partial charge < -0.3 is 10.0 Å². The molecule has 0 aromatic carbocycles. The van der Waals surface area contributed by atoms with Crippen LogP contribution in [0.15, 0.2) is 0 Å². The topological polar surface area (TPSA) is 62.1 Å². The Balaban J connectivity index is 2.09. The van der Waals surface area contributed by atoms with Gasteiger partial charge in [-0.2, -0.15) is 5.10 Å². The smallest absolute Gasteiger partial charge is 0.245 e. The largest absolute Gasteiger partial charge is 0.386 e. The van der Waals surface area contributed by atoms with Gasteiger partial charge in [-0.15, -0.1) is 5.10 Å². The zero-order valence-electron chi connectivity index (χ0n) is 10.2. The van der Waals surface area contributed by atoms with Gasteiger partial charge in [0, 0.05) is 0 Å². The van der Waals surface area contributed by atoms with Gasteiger partial charge in [0.05, 0.1) is 24.5 Å². The van der Waals surface area contributed by atoms with Crippen LogP contribution >= 0.6 is 0 Å². The lowest BCUT2D eigenvalue weighted by molar-refractivity contribution is -0.0309. The van der Waals surface area contributed by atoms with E-state index in [2.05, 4.69) is 15.2 Å². The maximum Gasteiger partial charge on any atom is 0.245 e. The van der Waals surface area contributed by atoms with Crippen LogP contribution in [-0.2, 0) is 0 Å². The second-order valence-electron chi connectivity index (χ2n) is 4.90. The number of aromatic nitrogens is 3. The summed E-state index contributed by atoms with van der Waals surface area (Å²) in [4.78, 5) is 6.32. The average Bonchev–Trinajstić information content (AvgIpc) is 2.17. The van der Waals surface area contributed by atoms with Crippen molar-refractivity contribution in [2.45, 2.75) is 33.3 Å². The number of aryl methyl sites for hydroxylation is 2. The molecule has 0 aliphatic carbocycles. The molecule has 2 rings (SSSR count). The lowest BCUT2D eigenvalue weighted by Gasteiger charge is -2.48. The molecule has 0 radical (unpaired) electrons. The Bertz CT molecular complexity index is 399. The summed E-state index contributed by atoms with van der Waals surface area (Å²) in [6, 6.07) is 0. The van der Waals surface area contributed by atoms with Gasteiger partial charge >= 0.3 is 0 Å². The molecule has 0 saturated carbocycles. The van der Waals surface area contributed by atoms with Crippen LogP contribution in [0.25, 0.3) is 0 Å². The minimum atomic E-state index is -0.595. The predicted molar refractivity (Wildman–Crippen MR) is 61.3 cm³/mol. The van der Waals surface area contributed by atoms with Gasteiger partial charge in [0.15, 0.2) is 0 Å². The Labute approximate surface area is 95.5 Å². The van der Waals surface area contributed by atoms with E-state index in [9.17, 15) is 5.11 Å². The van der Waals surface area contributed by atoms with Crippen molar-refractivity contribution in [3.8, 4) is 0 Å². The van der Waals surface area contributed by atoms with E-state index >= 15 is 0 Å². The Hall–Kier alpha value is -1.23. The third-order valence-corrected chi connectivity index (χ3v) is 3.37. The molecule has 1 N–H and O–H groups in total.